The van der Waals surface area contributed by atoms with Crippen molar-refractivity contribution in [3.63, 3.8) is 0 Å². The second-order valence-electron chi connectivity index (χ2n) is 7.68. The fourth-order valence-corrected chi connectivity index (χ4v) is 4.21. The number of aromatic nitrogens is 3. The number of benzene rings is 1. The molecular formula is C22H25ClN4O3. The monoisotopic (exact) mass is 428 g/mol. The van der Waals surface area contributed by atoms with Crippen LogP contribution in [0.1, 0.15) is 29.8 Å². The van der Waals surface area contributed by atoms with Gasteiger partial charge in [-0.25, -0.2) is 4.68 Å². The Hall–Kier alpha value is -2.64. The van der Waals surface area contributed by atoms with Gasteiger partial charge in [0.05, 0.1) is 17.7 Å². The highest BCUT2D eigenvalue weighted by Crippen LogP contribution is 2.25. The van der Waals surface area contributed by atoms with Gasteiger partial charge in [0.25, 0.3) is 5.56 Å². The summed E-state index contributed by atoms with van der Waals surface area (Å²) < 4.78 is 8.80. The number of rotatable bonds is 6. The number of halogens is 1. The smallest absolute Gasteiger partial charge is 0.276 e. The first-order valence-electron chi connectivity index (χ1n) is 10.1. The van der Waals surface area contributed by atoms with E-state index in [0.717, 1.165) is 41.8 Å². The van der Waals surface area contributed by atoms with Crippen molar-refractivity contribution < 1.29 is 9.53 Å². The van der Waals surface area contributed by atoms with Gasteiger partial charge in [-0.3, -0.25) is 9.59 Å². The summed E-state index contributed by atoms with van der Waals surface area (Å²) in [6, 6.07) is 7.67. The molecule has 3 heterocycles. The van der Waals surface area contributed by atoms with E-state index in [-0.39, 0.29) is 24.1 Å². The zero-order chi connectivity index (χ0) is 21.3. The van der Waals surface area contributed by atoms with E-state index in [1.165, 1.54) is 4.68 Å². The van der Waals surface area contributed by atoms with Crippen LogP contribution in [0.5, 0.6) is 0 Å². The Morgan fingerprint density at radius 2 is 2.10 bits per heavy atom. The number of aryl methyl sites for hydroxylation is 2. The first-order valence-corrected chi connectivity index (χ1v) is 10.5. The molecule has 0 aliphatic carbocycles. The largest absolute Gasteiger partial charge is 0.376 e. The van der Waals surface area contributed by atoms with Gasteiger partial charge < -0.3 is 14.6 Å². The van der Waals surface area contributed by atoms with Gasteiger partial charge in [0, 0.05) is 41.5 Å². The van der Waals surface area contributed by atoms with Crippen LogP contribution >= 0.6 is 11.6 Å². The number of carbonyl (C=O) groups is 1. The van der Waals surface area contributed by atoms with Crippen LogP contribution in [0.2, 0.25) is 5.02 Å². The maximum absolute atomic E-state index is 13.1. The van der Waals surface area contributed by atoms with E-state index in [2.05, 4.69) is 15.0 Å². The lowest BCUT2D eigenvalue weighted by Gasteiger charge is -2.11. The van der Waals surface area contributed by atoms with Crippen molar-refractivity contribution in [3.8, 4) is 0 Å². The Morgan fingerprint density at radius 3 is 2.83 bits per heavy atom. The predicted molar refractivity (Wildman–Crippen MR) is 116 cm³/mol. The molecule has 1 amide bonds. The Labute approximate surface area is 179 Å². The molecule has 1 aliphatic rings. The van der Waals surface area contributed by atoms with Crippen molar-refractivity contribution in [2.45, 2.75) is 45.9 Å². The van der Waals surface area contributed by atoms with Gasteiger partial charge in [-0.2, -0.15) is 5.10 Å². The van der Waals surface area contributed by atoms with Crippen molar-refractivity contribution in [1.82, 2.24) is 19.7 Å². The highest BCUT2D eigenvalue weighted by Gasteiger charge is 2.19. The number of hydrogen-bond donors (Lipinski definition) is 1. The molecule has 7 nitrogen and oxygen atoms in total. The lowest BCUT2D eigenvalue weighted by atomic mass is 10.2. The molecule has 1 N–H and O–H groups in total. The SMILES string of the molecule is Cc1c2cnn(CC(=O)NC[C@@H]3CCCO3)c(=O)c2c(C)n1Cc1ccccc1Cl. The molecule has 0 unspecified atom stereocenters. The highest BCUT2D eigenvalue weighted by molar-refractivity contribution is 6.31. The summed E-state index contributed by atoms with van der Waals surface area (Å²) >= 11 is 6.32. The van der Waals surface area contributed by atoms with Crippen LogP contribution in [0.25, 0.3) is 10.8 Å². The molecule has 8 heteroatoms. The normalized spacial score (nSPS) is 16.3. The molecule has 1 aromatic carbocycles. The van der Waals surface area contributed by atoms with Crippen LogP contribution in [0.4, 0.5) is 0 Å². The lowest BCUT2D eigenvalue weighted by Crippen LogP contribution is -2.37. The third kappa shape index (κ3) is 4.00. The van der Waals surface area contributed by atoms with E-state index >= 15 is 0 Å². The summed E-state index contributed by atoms with van der Waals surface area (Å²) in [5.74, 6) is -0.246. The van der Waals surface area contributed by atoms with E-state index in [0.29, 0.717) is 23.5 Å². The second-order valence-corrected chi connectivity index (χ2v) is 8.09. The Bertz CT molecular complexity index is 1150. The quantitative estimate of drug-likeness (QED) is 0.654. The minimum Gasteiger partial charge on any atom is -0.376 e. The molecule has 0 bridgehead atoms. The van der Waals surface area contributed by atoms with E-state index in [4.69, 9.17) is 16.3 Å². The van der Waals surface area contributed by atoms with Crippen LogP contribution < -0.4 is 10.9 Å². The van der Waals surface area contributed by atoms with Gasteiger partial charge in [-0.15, -0.1) is 0 Å². The highest BCUT2D eigenvalue weighted by atomic mass is 35.5. The average Bonchev–Trinajstić information content (AvgIpc) is 3.33. The maximum Gasteiger partial charge on any atom is 0.276 e. The molecule has 1 saturated heterocycles. The zero-order valence-electron chi connectivity index (χ0n) is 17.2. The van der Waals surface area contributed by atoms with Crippen molar-refractivity contribution in [3.05, 3.63) is 62.8 Å². The van der Waals surface area contributed by atoms with Crippen LogP contribution in [-0.4, -0.2) is 39.5 Å². The zero-order valence-corrected chi connectivity index (χ0v) is 17.9. The van der Waals surface area contributed by atoms with Crippen molar-refractivity contribution in [2.24, 2.45) is 0 Å². The summed E-state index contributed by atoms with van der Waals surface area (Å²) in [4.78, 5) is 25.4. The number of nitrogens with zero attached hydrogens (tertiary/aromatic N) is 3. The number of nitrogens with one attached hydrogen (secondary N) is 1. The fraction of sp³-hybridized carbons (Fsp3) is 0.409. The summed E-state index contributed by atoms with van der Waals surface area (Å²) in [7, 11) is 0. The van der Waals surface area contributed by atoms with Gasteiger partial charge >= 0.3 is 0 Å². The van der Waals surface area contributed by atoms with Crippen molar-refractivity contribution in [2.75, 3.05) is 13.2 Å². The minimum atomic E-state index is -0.265. The van der Waals surface area contributed by atoms with Crippen molar-refractivity contribution >= 4 is 28.3 Å². The standard InChI is InChI=1S/C22H25ClN4O3/c1-14-18-11-25-27(13-20(28)24-10-17-7-5-9-30-17)22(29)21(18)15(2)26(14)12-16-6-3-4-8-19(16)23/h3-4,6,8,11,17H,5,7,9-10,12-13H2,1-2H3,(H,24,28)/t17-/m0/s1. The Kier molecular flexibility index (Phi) is 5.92. The third-order valence-corrected chi connectivity index (χ3v) is 6.10. The molecule has 1 fully saturated rings. The van der Waals surface area contributed by atoms with Crippen LogP contribution in [-0.2, 0) is 22.6 Å². The lowest BCUT2D eigenvalue weighted by molar-refractivity contribution is -0.122. The second kappa shape index (κ2) is 8.62. The van der Waals surface area contributed by atoms with Crippen LogP contribution in [0, 0.1) is 13.8 Å². The molecule has 0 spiro atoms. The number of carbonyl (C=O) groups excluding carboxylic acids is 1. The molecule has 1 aliphatic heterocycles. The molecule has 3 aromatic rings. The number of hydrogen-bond acceptors (Lipinski definition) is 4. The topological polar surface area (TPSA) is 78.2 Å². The summed E-state index contributed by atoms with van der Waals surface area (Å²) in [5.41, 5.74) is 2.50. The number of amides is 1. The predicted octanol–water partition coefficient (Wildman–Crippen LogP) is 2.81. The van der Waals surface area contributed by atoms with Crippen molar-refractivity contribution in [1.29, 1.82) is 0 Å². The van der Waals surface area contributed by atoms with Gasteiger partial charge in [-0.05, 0) is 38.3 Å². The van der Waals surface area contributed by atoms with E-state index in [1.807, 2.05) is 38.1 Å². The van der Waals surface area contributed by atoms with Gasteiger partial charge in [0.1, 0.15) is 6.54 Å². The van der Waals surface area contributed by atoms with E-state index in [1.54, 1.807) is 6.20 Å². The summed E-state index contributed by atoms with van der Waals surface area (Å²) in [6.45, 7) is 5.52. The van der Waals surface area contributed by atoms with E-state index < -0.39 is 0 Å². The fourth-order valence-electron chi connectivity index (χ4n) is 4.02. The molecule has 158 valence electrons. The summed E-state index contributed by atoms with van der Waals surface area (Å²) in [6.07, 6.45) is 3.68. The summed E-state index contributed by atoms with van der Waals surface area (Å²) in [5, 5.41) is 9.14. The minimum absolute atomic E-state index is 0.0600. The maximum atomic E-state index is 13.1. The van der Waals surface area contributed by atoms with Crippen LogP contribution in [0.15, 0.2) is 35.3 Å². The third-order valence-electron chi connectivity index (χ3n) is 5.74. The molecule has 0 saturated carbocycles. The first kappa shape index (κ1) is 20.6. The van der Waals surface area contributed by atoms with Gasteiger partial charge in [0.2, 0.25) is 5.91 Å². The Morgan fingerprint density at radius 1 is 1.30 bits per heavy atom. The number of fused-ring (bicyclic) bond motifs is 1. The molecule has 0 radical (unpaired) electrons. The Balaban J connectivity index is 1.59. The first-order chi connectivity index (χ1) is 14.5. The molecule has 4 rings (SSSR count). The molecule has 2 aromatic heterocycles. The molecular weight excluding hydrogens is 404 g/mol. The van der Waals surface area contributed by atoms with E-state index in [9.17, 15) is 9.59 Å². The molecule has 1 atom stereocenters. The van der Waals surface area contributed by atoms with Gasteiger partial charge in [-0.1, -0.05) is 29.8 Å². The average molecular weight is 429 g/mol. The number of ether oxygens (including phenoxy) is 1. The van der Waals surface area contributed by atoms with Gasteiger partial charge in [0.15, 0.2) is 0 Å². The molecule has 30 heavy (non-hydrogen) atoms. The van der Waals surface area contributed by atoms with Crippen LogP contribution in [0.3, 0.4) is 0 Å².